The predicted octanol–water partition coefficient (Wildman–Crippen LogP) is 3.15. The van der Waals surface area contributed by atoms with E-state index in [1.54, 1.807) is 7.11 Å². The highest BCUT2D eigenvalue weighted by atomic mass is 16.5. The lowest BCUT2D eigenvalue weighted by molar-refractivity contribution is -0.126. The molecule has 0 spiro atoms. The summed E-state index contributed by atoms with van der Waals surface area (Å²) in [5, 5.41) is 4.89. The van der Waals surface area contributed by atoms with E-state index in [0.29, 0.717) is 5.92 Å². The van der Waals surface area contributed by atoms with Gasteiger partial charge in [-0.3, -0.25) is 15.0 Å². The van der Waals surface area contributed by atoms with Crippen LogP contribution in [0.1, 0.15) is 30.0 Å². The number of nitrogens with one attached hydrogen (secondary N) is 2. The maximum absolute atomic E-state index is 12.8. The molecule has 1 aliphatic heterocycles. The molecule has 1 saturated heterocycles. The molecule has 1 atom stereocenters. The fourth-order valence-corrected chi connectivity index (χ4v) is 3.92. The number of benzene rings is 2. The summed E-state index contributed by atoms with van der Waals surface area (Å²) in [5.41, 5.74) is 2.21. The fraction of sp³-hybridized carbons (Fsp3) is 0.391. The molecule has 1 fully saturated rings. The van der Waals surface area contributed by atoms with Crippen LogP contribution < -0.4 is 15.4 Å². The maximum atomic E-state index is 12.8. The number of likely N-dealkylation sites (tertiary alicyclic amines) is 1. The van der Waals surface area contributed by atoms with Crippen LogP contribution in [0.25, 0.3) is 0 Å². The second-order valence-corrected chi connectivity index (χ2v) is 7.41. The van der Waals surface area contributed by atoms with Gasteiger partial charge >= 0.3 is 6.03 Å². The van der Waals surface area contributed by atoms with Crippen molar-refractivity contribution >= 4 is 11.9 Å². The number of carbonyl (C=O) groups excluding carboxylic acids is 2. The zero-order valence-electron chi connectivity index (χ0n) is 17.1. The minimum atomic E-state index is -0.481. The molecule has 2 aromatic carbocycles. The van der Waals surface area contributed by atoms with E-state index < -0.39 is 12.1 Å². The molecule has 154 valence electrons. The van der Waals surface area contributed by atoms with Gasteiger partial charge < -0.3 is 10.1 Å². The molecular weight excluding hydrogens is 366 g/mol. The van der Waals surface area contributed by atoms with Crippen molar-refractivity contribution in [3.8, 4) is 5.75 Å². The number of methoxy groups -OCH3 is 1. The van der Waals surface area contributed by atoms with Crippen LogP contribution in [0.15, 0.2) is 54.6 Å². The molecule has 2 N–H and O–H groups in total. The zero-order chi connectivity index (χ0) is 20.6. The summed E-state index contributed by atoms with van der Waals surface area (Å²) in [6.07, 6.45) is 3.06. The summed E-state index contributed by atoms with van der Waals surface area (Å²) >= 11 is 0. The SMILES string of the molecule is CNC(=O)NC(=O)C(c1ccccc1)N1CCC(Cc2ccc(OC)cc2)CC1. The van der Waals surface area contributed by atoms with Gasteiger partial charge in [0.1, 0.15) is 11.8 Å². The summed E-state index contributed by atoms with van der Waals surface area (Å²) < 4.78 is 5.23. The van der Waals surface area contributed by atoms with Crippen LogP contribution in [-0.4, -0.2) is 44.1 Å². The number of imide groups is 1. The van der Waals surface area contributed by atoms with Gasteiger partial charge in [-0.2, -0.15) is 0 Å². The average molecular weight is 396 g/mol. The molecular formula is C23H29N3O3. The molecule has 29 heavy (non-hydrogen) atoms. The smallest absolute Gasteiger partial charge is 0.321 e. The normalized spacial score (nSPS) is 16.1. The number of rotatable bonds is 6. The second-order valence-electron chi connectivity index (χ2n) is 7.41. The summed E-state index contributed by atoms with van der Waals surface area (Å²) in [5.74, 6) is 1.17. The second kappa shape index (κ2) is 10.1. The Kier molecular flexibility index (Phi) is 7.25. The molecule has 2 aromatic rings. The topological polar surface area (TPSA) is 70.7 Å². The molecule has 6 nitrogen and oxygen atoms in total. The first-order chi connectivity index (χ1) is 14.1. The number of piperidine rings is 1. The van der Waals surface area contributed by atoms with Crippen LogP contribution in [-0.2, 0) is 11.2 Å². The first-order valence-corrected chi connectivity index (χ1v) is 10.0. The molecule has 1 aliphatic rings. The van der Waals surface area contributed by atoms with E-state index >= 15 is 0 Å². The molecule has 1 heterocycles. The lowest BCUT2D eigenvalue weighted by Gasteiger charge is -2.37. The highest BCUT2D eigenvalue weighted by Crippen LogP contribution is 2.29. The third kappa shape index (κ3) is 5.57. The van der Waals surface area contributed by atoms with Gasteiger partial charge in [0.05, 0.1) is 7.11 Å². The standard InChI is InChI=1S/C23H29N3O3/c1-24-23(28)25-22(27)21(19-6-4-3-5-7-19)26-14-12-18(13-15-26)16-17-8-10-20(29-2)11-9-17/h3-11,18,21H,12-16H2,1-2H3,(H2,24,25,27,28). The highest BCUT2D eigenvalue weighted by Gasteiger charge is 2.31. The summed E-state index contributed by atoms with van der Waals surface area (Å²) in [6.45, 7) is 1.64. The van der Waals surface area contributed by atoms with Crippen molar-refractivity contribution in [2.75, 3.05) is 27.2 Å². The van der Waals surface area contributed by atoms with E-state index in [1.165, 1.54) is 12.6 Å². The van der Waals surface area contributed by atoms with Crippen LogP contribution in [0.3, 0.4) is 0 Å². The molecule has 0 saturated carbocycles. The Bertz CT molecular complexity index is 800. The summed E-state index contributed by atoms with van der Waals surface area (Å²) in [4.78, 5) is 26.7. The van der Waals surface area contributed by atoms with Crippen molar-refractivity contribution in [2.24, 2.45) is 5.92 Å². The van der Waals surface area contributed by atoms with Crippen molar-refractivity contribution in [2.45, 2.75) is 25.3 Å². The van der Waals surface area contributed by atoms with Crippen LogP contribution in [0, 0.1) is 5.92 Å². The van der Waals surface area contributed by atoms with Crippen molar-refractivity contribution in [1.29, 1.82) is 0 Å². The number of nitrogens with zero attached hydrogens (tertiary/aromatic N) is 1. The molecule has 1 unspecified atom stereocenters. The van der Waals surface area contributed by atoms with Gasteiger partial charge in [0.25, 0.3) is 0 Å². The molecule has 3 amide bonds. The number of urea groups is 1. The number of hydrogen-bond acceptors (Lipinski definition) is 4. The number of ether oxygens (including phenoxy) is 1. The molecule has 0 aromatic heterocycles. The summed E-state index contributed by atoms with van der Waals surface area (Å²) in [6, 6.07) is 17.0. The first kappa shape index (κ1) is 20.9. The quantitative estimate of drug-likeness (QED) is 0.788. The average Bonchev–Trinajstić information content (AvgIpc) is 2.76. The van der Waals surface area contributed by atoms with Gasteiger partial charge in [-0.05, 0) is 61.5 Å². The number of carbonyl (C=O) groups is 2. The van der Waals surface area contributed by atoms with Gasteiger partial charge in [-0.25, -0.2) is 4.79 Å². The van der Waals surface area contributed by atoms with Crippen molar-refractivity contribution < 1.29 is 14.3 Å². The highest BCUT2D eigenvalue weighted by molar-refractivity contribution is 5.97. The lowest BCUT2D eigenvalue weighted by atomic mass is 9.89. The Morgan fingerprint density at radius 2 is 1.72 bits per heavy atom. The van der Waals surface area contributed by atoms with Gasteiger partial charge in [-0.1, -0.05) is 42.5 Å². The number of amides is 3. The van der Waals surface area contributed by atoms with Crippen molar-refractivity contribution in [3.05, 3.63) is 65.7 Å². The van der Waals surface area contributed by atoms with Crippen LogP contribution in [0.5, 0.6) is 5.75 Å². The monoisotopic (exact) mass is 395 g/mol. The van der Waals surface area contributed by atoms with Crippen LogP contribution in [0.4, 0.5) is 4.79 Å². The lowest BCUT2D eigenvalue weighted by Crippen LogP contribution is -2.47. The van der Waals surface area contributed by atoms with Crippen molar-refractivity contribution in [1.82, 2.24) is 15.5 Å². The van der Waals surface area contributed by atoms with Crippen LogP contribution >= 0.6 is 0 Å². The zero-order valence-corrected chi connectivity index (χ0v) is 17.1. The predicted molar refractivity (Wildman–Crippen MR) is 113 cm³/mol. The Labute approximate surface area is 172 Å². The molecule has 0 radical (unpaired) electrons. The molecule has 0 aliphatic carbocycles. The van der Waals surface area contributed by atoms with Gasteiger partial charge in [-0.15, -0.1) is 0 Å². The fourth-order valence-electron chi connectivity index (χ4n) is 3.92. The van der Waals surface area contributed by atoms with E-state index in [4.69, 9.17) is 4.74 Å². The Morgan fingerprint density at radius 1 is 1.07 bits per heavy atom. The Hall–Kier alpha value is -2.86. The maximum Gasteiger partial charge on any atom is 0.321 e. The van der Waals surface area contributed by atoms with E-state index in [-0.39, 0.29) is 5.91 Å². The largest absolute Gasteiger partial charge is 0.497 e. The molecule has 0 bridgehead atoms. The third-order valence-corrected chi connectivity index (χ3v) is 5.53. The van der Waals surface area contributed by atoms with E-state index in [9.17, 15) is 9.59 Å². The third-order valence-electron chi connectivity index (χ3n) is 5.53. The Balaban J connectivity index is 1.64. The Morgan fingerprint density at radius 3 is 2.31 bits per heavy atom. The van der Waals surface area contributed by atoms with E-state index in [2.05, 4.69) is 27.7 Å². The van der Waals surface area contributed by atoms with Crippen molar-refractivity contribution in [3.63, 3.8) is 0 Å². The van der Waals surface area contributed by atoms with Gasteiger partial charge in [0, 0.05) is 7.05 Å². The first-order valence-electron chi connectivity index (χ1n) is 10.0. The van der Waals surface area contributed by atoms with Crippen LogP contribution in [0.2, 0.25) is 0 Å². The number of hydrogen-bond donors (Lipinski definition) is 2. The minimum absolute atomic E-state index is 0.288. The van der Waals surface area contributed by atoms with Gasteiger partial charge in [0.2, 0.25) is 5.91 Å². The minimum Gasteiger partial charge on any atom is -0.497 e. The van der Waals surface area contributed by atoms with E-state index in [1.807, 2.05) is 42.5 Å². The molecule has 6 heteroatoms. The van der Waals surface area contributed by atoms with Gasteiger partial charge in [0.15, 0.2) is 0 Å². The van der Waals surface area contributed by atoms with E-state index in [0.717, 1.165) is 43.7 Å². The summed E-state index contributed by atoms with van der Waals surface area (Å²) in [7, 11) is 3.18. The molecule has 3 rings (SSSR count).